The van der Waals surface area contributed by atoms with Crippen LogP contribution in [0.4, 0.5) is 0 Å². The molecule has 0 unspecified atom stereocenters. The van der Waals surface area contributed by atoms with Crippen LogP contribution < -0.4 is 15.6 Å². The minimum Gasteiger partial charge on any atom is -0.494 e. The topological polar surface area (TPSA) is 141 Å². The molecule has 2 atom stereocenters. The fraction of sp³-hybridized carbons (Fsp3) is 0.257. The first-order chi connectivity index (χ1) is 22.9. The van der Waals surface area contributed by atoms with Gasteiger partial charge in [-0.25, -0.2) is 10.4 Å². The number of carbonyl (C=O) groups is 1. The number of nitrogens with zero attached hydrogens (tertiary/aromatic N) is 4. The average molecular weight is 718 g/mol. The third-order valence-electron chi connectivity index (χ3n) is 7.71. The van der Waals surface area contributed by atoms with E-state index < -0.39 is 11.6 Å². The summed E-state index contributed by atoms with van der Waals surface area (Å²) in [6.45, 7) is 1.02. The largest absolute Gasteiger partial charge is 0.494 e. The molecule has 4 aromatic rings. The highest BCUT2D eigenvalue weighted by atomic mass is 79.9. The summed E-state index contributed by atoms with van der Waals surface area (Å²) in [5, 5.41) is 13.5. The van der Waals surface area contributed by atoms with Crippen LogP contribution in [0.5, 0.6) is 5.75 Å². The maximum atomic E-state index is 14.5. The Balaban J connectivity index is 1.52. The van der Waals surface area contributed by atoms with Crippen molar-refractivity contribution in [3.63, 3.8) is 0 Å². The molecule has 0 spiro atoms. The number of halogens is 2. The van der Waals surface area contributed by atoms with Gasteiger partial charge in [0, 0.05) is 46.0 Å². The summed E-state index contributed by atoms with van der Waals surface area (Å²) < 4.78 is 13.2. The zero-order chi connectivity index (χ0) is 33.1. The summed E-state index contributed by atoms with van der Waals surface area (Å²) in [5.74, 6) is 0.570. The summed E-state index contributed by atoms with van der Waals surface area (Å²) in [4.78, 5) is 22.5. The van der Waals surface area contributed by atoms with Crippen LogP contribution in [0, 0.1) is 0 Å². The number of aliphatic imine (C=N–C) groups is 1. The zero-order valence-corrected chi connectivity index (χ0v) is 27.8. The molecule has 1 aliphatic rings. The first-order valence-electron chi connectivity index (χ1n) is 15.1. The number of rotatable bonds is 15. The predicted octanol–water partition coefficient (Wildman–Crippen LogP) is 7.04. The lowest BCUT2D eigenvalue weighted by Crippen LogP contribution is -2.54. The minimum absolute atomic E-state index is 0.0474. The van der Waals surface area contributed by atoms with Crippen molar-refractivity contribution >= 4 is 39.3 Å². The van der Waals surface area contributed by atoms with Crippen molar-refractivity contribution in [1.29, 1.82) is 0 Å². The Hall–Kier alpha value is -4.38. The van der Waals surface area contributed by atoms with Crippen molar-refractivity contribution in [2.45, 2.75) is 37.5 Å². The van der Waals surface area contributed by atoms with E-state index in [2.05, 4.69) is 36.8 Å². The molecular formula is C35H34BrClN6O4. The molecule has 0 aromatic heterocycles. The fourth-order valence-electron chi connectivity index (χ4n) is 5.35. The van der Waals surface area contributed by atoms with Crippen molar-refractivity contribution in [1.82, 2.24) is 10.9 Å². The smallest absolute Gasteiger partial charge is 0.266 e. The Kier molecular flexibility index (Phi) is 11.9. The van der Waals surface area contributed by atoms with Crippen LogP contribution in [0.15, 0.2) is 112 Å². The summed E-state index contributed by atoms with van der Waals surface area (Å²) in [5.41, 5.74) is 17.6. The SMILES string of the molecule is [N-]=[N+]=NCc1ccccc1C[C@]1(C(=O)NNCCc2cccc(Cl)c2)N=C(c2ccc(OCCCO)cc2)O[C@H]1c1ccc(Br)cc1. The first-order valence-corrected chi connectivity index (χ1v) is 16.3. The molecule has 0 bridgehead atoms. The molecule has 0 saturated heterocycles. The lowest BCUT2D eigenvalue weighted by molar-refractivity contribution is -0.130. The van der Waals surface area contributed by atoms with Crippen LogP contribution in [-0.2, 0) is 28.9 Å². The molecule has 3 N–H and O–H groups in total. The number of hydrogen-bond acceptors (Lipinski definition) is 7. The standard InChI is InChI=1S/C35H34BrClN6O4/c36-29-13-9-25(10-14-29)32-35(22-27-6-1-2-7-28(27)23-40-43-38,34(45)42-39-18-17-24-5-3-8-30(37)21-24)41-33(47-32)26-11-15-31(16-12-26)46-20-4-19-44/h1-3,5-16,21,32,39,44H,4,17-20,22-23H2,(H,42,45)/t32-,35-/m0/s1. The molecule has 1 heterocycles. The van der Waals surface area contributed by atoms with Gasteiger partial charge < -0.3 is 14.6 Å². The molecule has 0 aliphatic carbocycles. The molecule has 0 saturated carbocycles. The number of aliphatic hydroxyl groups excluding tert-OH is 1. The van der Waals surface area contributed by atoms with E-state index in [9.17, 15) is 4.79 Å². The van der Waals surface area contributed by atoms with Gasteiger partial charge in [-0.05, 0) is 82.7 Å². The number of hydrazine groups is 1. The van der Waals surface area contributed by atoms with E-state index in [1.54, 1.807) is 12.1 Å². The van der Waals surface area contributed by atoms with Crippen molar-refractivity contribution < 1.29 is 19.4 Å². The lowest BCUT2D eigenvalue weighted by Gasteiger charge is -2.31. The summed E-state index contributed by atoms with van der Waals surface area (Å²) in [7, 11) is 0. The Morgan fingerprint density at radius 2 is 1.83 bits per heavy atom. The Morgan fingerprint density at radius 3 is 2.55 bits per heavy atom. The van der Waals surface area contributed by atoms with Gasteiger partial charge in [0.25, 0.3) is 5.91 Å². The second-order valence-electron chi connectivity index (χ2n) is 10.9. The van der Waals surface area contributed by atoms with Crippen molar-refractivity contribution in [3.8, 4) is 5.75 Å². The van der Waals surface area contributed by atoms with Crippen LogP contribution in [0.25, 0.3) is 10.4 Å². The van der Waals surface area contributed by atoms with E-state index in [1.807, 2.05) is 84.9 Å². The molecule has 5 rings (SSSR count). The van der Waals surface area contributed by atoms with Gasteiger partial charge in [0.15, 0.2) is 11.6 Å². The van der Waals surface area contributed by atoms with Crippen molar-refractivity contribution in [2.75, 3.05) is 19.8 Å². The molecular weight excluding hydrogens is 684 g/mol. The highest BCUT2D eigenvalue weighted by Crippen LogP contribution is 2.43. The molecule has 4 aromatic carbocycles. The third kappa shape index (κ3) is 8.71. The van der Waals surface area contributed by atoms with Gasteiger partial charge >= 0.3 is 0 Å². The molecule has 1 amide bonds. The van der Waals surface area contributed by atoms with E-state index in [-0.39, 0.29) is 25.5 Å². The quantitative estimate of drug-likeness (QED) is 0.0398. The maximum Gasteiger partial charge on any atom is 0.266 e. The number of amides is 1. The van der Waals surface area contributed by atoms with Crippen molar-refractivity contribution in [3.05, 3.63) is 145 Å². The van der Waals surface area contributed by atoms with Gasteiger partial charge in [-0.2, -0.15) is 0 Å². The normalized spacial score (nSPS) is 16.9. The number of ether oxygens (including phenoxy) is 2. The highest BCUT2D eigenvalue weighted by molar-refractivity contribution is 9.10. The van der Waals surface area contributed by atoms with Crippen LogP contribution in [-0.4, -0.2) is 42.2 Å². The van der Waals surface area contributed by atoms with E-state index in [4.69, 9.17) is 36.7 Å². The van der Waals surface area contributed by atoms with Gasteiger partial charge in [-0.3, -0.25) is 10.2 Å². The number of azide groups is 1. The van der Waals surface area contributed by atoms with E-state index in [0.717, 1.165) is 26.7 Å². The number of hydrogen-bond donors (Lipinski definition) is 3. The third-order valence-corrected chi connectivity index (χ3v) is 8.48. The molecule has 0 radical (unpaired) electrons. The molecule has 47 heavy (non-hydrogen) atoms. The van der Waals surface area contributed by atoms with Crippen LogP contribution in [0.2, 0.25) is 5.02 Å². The number of nitrogens with one attached hydrogen (secondary N) is 2. The van der Waals surface area contributed by atoms with Gasteiger partial charge in [-0.1, -0.05) is 81.2 Å². The van der Waals surface area contributed by atoms with Crippen LogP contribution >= 0.6 is 27.5 Å². The zero-order valence-electron chi connectivity index (χ0n) is 25.5. The van der Waals surface area contributed by atoms with Crippen LogP contribution in [0.3, 0.4) is 0 Å². The Morgan fingerprint density at radius 1 is 1.06 bits per heavy atom. The Bertz CT molecular complexity index is 1750. The second-order valence-corrected chi connectivity index (χ2v) is 12.3. The average Bonchev–Trinajstić information content (AvgIpc) is 3.47. The molecule has 10 nitrogen and oxygen atoms in total. The second kappa shape index (κ2) is 16.4. The summed E-state index contributed by atoms with van der Waals surface area (Å²) in [6.07, 6.45) is 0.529. The van der Waals surface area contributed by atoms with Gasteiger partial charge in [0.05, 0.1) is 13.2 Å². The van der Waals surface area contributed by atoms with E-state index in [1.165, 1.54) is 0 Å². The number of benzene rings is 4. The minimum atomic E-state index is -1.45. The molecule has 12 heteroatoms. The van der Waals surface area contributed by atoms with Gasteiger partial charge in [0.2, 0.25) is 5.90 Å². The molecule has 1 aliphatic heterocycles. The van der Waals surface area contributed by atoms with Gasteiger partial charge in [-0.15, -0.1) is 0 Å². The molecule has 242 valence electrons. The summed E-state index contributed by atoms with van der Waals surface area (Å²) in [6, 6.07) is 30.0. The number of aliphatic hydroxyl groups is 1. The fourth-order valence-corrected chi connectivity index (χ4v) is 5.83. The van der Waals surface area contributed by atoms with Crippen molar-refractivity contribution in [2.24, 2.45) is 10.1 Å². The van der Waals surface area contributed by atoms with Crippen LogP contribution in [0.1, 0.15) is 40.3 Å². The summed E-state index contributed by atoms with van der Waals surface area (Å²) >= 11 is 9.66. The van der Waals surface area contributed by atoms with E-state index in [0.29, 0.717) is 48.2 Å². The monoisotopic (exact) mass is 716 g/mol. The maximum absolute atomic E-state index is 14.5. The first kappa shape index (κ1) is 34.0. The Labute approximate surface area is 286 Å². The highest BCUT2D eigenvalue weighted by Gasteiger charge is 2.53. The predicted molar refractivity (Wildman–Crippen MR) is 185 cm³/mol. The number of carbonyl (C=O) groups excluding carboxylic acids is 1. The van der Waals surface area contributed by atoms with Gasteiger partial charge in [0.1, 0.15) is 5.75 Å². The lowest BCUT2D eigenvalue weighted by atomic mass is 9.81. The van der Waals surface area contributed by atoms with E-state index >= 15 is 0 Å². The molecule has 0 fully saturated rings.